The first-order chi connectivity index (χ1) is 10.0. The van der Waals surface area contributed by atoms with Crippen LogP contribution in [0.5, 0.6) is 5.75 Å². The molecule has 1 heterocycles. The molecule has 0 bridgehead atoms. The van der Waals surface area contributed by atoms with Crippen molar-refractivity contribution < 1.29 is 14.8 Å². The van der Waals surface area contributed by atoms with Crippen LogP contribution in [-0.2, 0) is 13.2 Å². The maximum atomic E-state index is 10.7. The Morgan fingerprint density at radius 3 is 2.86 bits per heavy atom. The van der Waals surface area contributed by atoms with Crippen molar-refractivity contribution in [2.24, 2.45) is 0 Å². The zero-order chi connectivity index (χ0) is 15.4. The smallest absolute Gasteiger partial charge is 0.270 e. The lowest BCUT2D eigenvalue weighted by molar-refractivity contribution is -0.385. The third-order valence-corrected chi connectivity index (χ3v) is 3.10. The number of aliphatic hydroxyl groups excluding tert-OH is 1. The Bertz CT molecular complexity index is 637. The van der Waals surface area contributed by atoms with E-state index in [1.807, 2.05) is 18.4 Å². The molecular formula is C14H17N3O4. The average molecular weight is 291 g/mol. The van der Waals surface area contributed by atoms with Crippen molar-refractivity contribution in [3.63, 3.8) is 0 Å². The van der Waals surface area contributed by atoms with Crippen LogP contribution in [0.2, 0.25) is 0 Å². The molecule has 0 amide bonds. The Labute approximate surface area is 122 Å². The number of nitro groups is 1. The van der Waals surface area contributed by atoms with Gasteiger partial charge >= 0.3 is 0 Å². The summed E-state index contributed by atoms with van der Waals surface area (Å²) in [6, 6.07) is 4.43. The number of benzene rings is 1. The zero-order valence-electron chi connectivity index (χ0n) is 11.9. The zero-order valence-corrected chi connectivity index (χ0v) is 11.9. The highest BCUT2D eigenvalue weighted by Gasteiger charge is 2.12. The molecule has 0 fully saturated rings. The Morgan fingerprint density at radius 1 is 1.48 bits per heavy atom. The number of hydrogen-bond acceptors (Lipinski definition) is 5. The summed E-state index contributed by atoms with van der Waals surface area (Å²) in [6.45, 7) is 4.04. The van der Waals surface area contributed by atoms with E-state index in [1.54, 1.807) is 12.5 Å². The predicted molar refractivity (Wildman–Crippen MR) is 76.0 cm³/mol. The molecule has 7 heteroatoms. The molecular weight excluding hydrogens is 274 g/mol. The summed E-state index contributed by atoms with van der Waals surface area (Å²) in [5.74, 6) is 0.430. The van der Waals surface area contributed by atoms with Crippen LogP contribution in [0.1, 0.15) is 31.1 Å². The highest BCUT2D eigenvalue weighted by molar-refractivity contribution is 5.43. The molecule has 21 heavy (non-hydrogen) atoms. The molecule has 2 rings (SSSR count). The minimum Gasteiger partial charge on any atom is -0.487 e. The van der Waals surface area contributed by atoms with Crippen LogP contribution in [0.3, 0.4) is 0 Å². The third-order valence-electron chi connectivity index (χ3n) is 3.10. The van der Waals surface area contributed by atoms with E-state index in [0.717, 1.165) is 5.69 Å². The van der Waals surface area contributed by atoms with Gasteiger partial charge in [-0.25, -0.2) is 4.98 Å². The number of non-ortho nitro benzene ring substituents is 1. The molecule has 0 atom stereocenters. The normalized spacial score (nSPS) is 10.9. The topological polar surface area (TPSA) is 90.4 Å². The number of ether oxygens (including phenoxy) is 1. The van der Waals surface area contributed by atoms with E-state index >= 15 is 0 Å². The summed E-state index contributed by atoms with van der Waals surface area (Å²) in [5, 5.41) is 20.0. The molecule has 7 nitrogen and oxygen atoms in total. The van der Waals surface area contributed by atoms with E-state index in [9.17, 15) is 15.2 Å². The first kappa shape index (κ1) is 15.0. The van der Waals surface area contributed by atoms with Crippen LogP contribution >= 0.6 is 0 Å². The van der Waals surface area contributed by atoms with Gasteiger partial charge in [-0.1, -0.05) is 0 Å². The number of imidazole rings is 1. The fourth-order valence-corrected chi connectivity index (χ4v) is 2.00. The summed E-state index contributed by atoms with van der Waals surface area (Å²) >= 11 is 0. The van der Waals surface area contributed by atoms with Crippen molar-refractivity contribution in [1.82, 2.24) is 9.55 Å². The van der Waals surface area contributed by atoms with Gasteiger partial charge in [-0.3, -0.25) is 10.1 Å². The lowest BCUT2D eigenvalue weighted by Gasteiger charge is -2.14. The van der Waals surface area contributed by atoms with Gasteiger partial charge in [-0.15, -0.1) is 0 Å². The number of hydrogen-bond donors (Lipinski definition) is 1. The fraction of sp³-hybridized carbons (Fsp3) is 0.357. The highest BCUT2D eigenvalue weighted by atomic mass is 16.6. The standard InChI is InChI=1S/C14H17N3O4/c1-10(2)16-9-15-6-13(16)8-21-14-4-3-12(17(19)20)5-11(14)7-18/h3-6,9-10,18H,7-8H2,1-2H3. The molecule has 1 N–H and O–H groups in total. The molecule has 0 unspecified atom stereocenters. The van der Waals surface area contributed by atoms with Gasteiger partial charge in [0.15, 0.2) is 0 Å². The van der Waals surface area contributed by atoms with Crippen molar-refractivity contribution in [3.05, 3.63) is 52.1 Å². The Kier molecular flexibility index (Phi) is 4.54. The Morgan fingerprint density at radius 2 is 2.24 bits per heavy atom. The molecule has 1 aromatic carbocycles. The SMILES string of the molecule is CC(C)n1cncc1COc1ccc([N+](=O)[O-])cc1CO. The lowest BCUT2D eigenvalue weighted by Crippen LogP contribution is -2.08. The first-order valence-corrected chi connectivity index (χ1v) is 6.54. The Balaban J connectivity index is 2.16. The van der Waals surface area contributed by atoms with Crippen molar-refractivity contribution in [1.29, 1.82) is 0 Å². The van der Waals surface area contributed by atoms with Crippen LogP contribution in [0.4, 0.5) is 5.69 Å². The van der Waals surface area contributed by atoms with Gasteiger partial charge in [0.05, 0.1) is 29.7 Å². The van der Waals surface area contributed by atoms with Crippen molar-refractivity contribution >= 4 is 5.69 Å². The van der Waals surface area contributed by atoms with Crippen LogP contribution in [-0.4, -0.2) is 19.6 Å². The summed E-state index contributed by atoms with van der Waals surface area (Å²) < 4.78 is 7.63. The van der Waals surface area contributed by atoms with Gasteiger partial charge in [-0.05, 0) is 19.9 Å². The van der Waals surface area contributed by atoms with E-state index in [-0.39, 0.29) is 24.9 Å². The maximum absolute atomic E-state index is 10.7. The maximum Gasteiger partial charge on any atom is 0.270 e. The van der Waals surface area contributed by atoms with Crippen LogP contribution in [0.25, 0.3) is 0 Å². The molecule has 0 spiro atoms. The second-order valence-electron chi connectivity index (χ2n) is 4.88. The fourth-order valence-electron chi connectivity index (χ4n) is 2.00. The van der Waals surface area contributed by atoms with Crippen LogP contribution in [0, 0.1) is 10.1 Å². The third kappa shape index (κ3) is 3.38. The molecule has 0 radical (unpaired) electrons. The number of nitro benzene ring substituents is 1. The van der Waals surface area contributed by atoms with Gasteiger partial charge in [0.25, 0.3) is 5.69 Å². The average Bonchev–Trinajstić information content (AvgIpc) is 2.93. The van der Waals surface area contributed by atoms with Crippen LogP contribution < -0.4 is 4.74 Å². The molecule has 1 aromatic heterocycles. The number of nitrogens with zero attached hydrogens (tertiary/aromatic N) is 3. The molecule has 0 aliphatic rings. The van der Waals surface area contributed by atoms with Gasteiger partial charge in [0.2, 0.25) is 0 Å². The number of aliphatic hydroxyl groups is 1. The summed E-state index contributed by atoms with van der Waals surface area (Å²) in [6.07, 6.45) is 3.44. The highest BCUT2D eigenvalue weighted by Crippen LogP contribution is 2.25. The predicted octanol–water partition coefficient (Wildman–Crippen LogP) is 2.44. The van der Waals surface area contributed by atoms with Gasteiger partial charge in [0, 0.05) is 23.7 Å². The lowest BCUT2D eigenvalue weighted by atomic mass is 10.2. The quantitative estimate of drug-likeness (QED) is 0.652. The second kappa shape index (κ2) is 6.36. The summed E-state index contributed by atoms with van der Waals surface area (Å²) in [4.78, 5) is 14.3. The molecule has 0 aliphatic carbocycles. The van der Waals surface area contributed by atoms with Gasteiger partial charge < -0.3 is 14.4 Å². The number of rotatable bonds is 6. The van der Waals surface area contributed by atoms with Crippen molar-refractivity contribution in [2.75, 3.05) is 0 Å². The molecule has 0 aliphatic heterocycles. The molecule has 2 aromatic rings. The second-order valence-corrected chi connectivity index (χ2v) is 4.88. The van der Waals surface area contributed by atoms with E-state index in [1.165, 1.54) is 18.2 Å². The van der Waals surface area contributed by atoms with Crippen molar-refractivity contribution in [3.8, 4) is 5.75 Å². The van der Waals surface area contributed by atoms with E-state index in [2.05, 4.69) is 4.98 Å². The van der Waals surface area contributed by atoms with Crippen molar-refractivity contribution in [2.45, 2.75) is 33.1 Å². The van der Waals surface area contributed by atoms with Gasteiger partial charge in [-0.2, -0.15) is 0 Å². The minimum atomic E-state index is -0.503. The van der Waals surface area contributed by atoms with E-state index < -0.39 is 4.92 Å². The monoisotopic (exact) mass is 291 g/mol. The largest absolute Gasteiger partial charge is 0.487 e. The molecule has 112 valence electrons. The molecule has 0 saturated heterocycles. The number of aromatic nitrogens is 2. The van der Waals surface area contributed by atoms with Crippen LogP contribution in [0.15, 0.2) is 30.7 Å². The Hall–Kier alpha value is -2.41. The minimum absolute atomic E-state index is 0.0707. The molecule has 0 saturated carbocycles. The van der Waals surface area contributed by atoms with E-state index in [0.29, 0.717) is 11.3 Å². The van der Waals surface area contributed by atoms with Gasteiger partial charge in [0.1, 0.15) is 12.4 Å². The summed E-state index contributed by atoms with van der Waals surface area (Å²) in [5.41, 5.74) is 1.21. The first-order valence-electron chi connectivity index (χ1n) is 6.54. The summed E-state index contributed by atoms with van der Waals surface area (Å²) in [7, 11) is 0. The van der Waals surface area contributed by atoms with E-state index in [4.69, 9.17) is 4.74 Å².